The van der Waals surface area contributed by atoms with E-state index >= 15 is 0 Å². The molecule has 0 aliphatic rings. The molecular formula is C18H44N6Zr-6. The Labute approximate surface area is 179 Å². The van der Waals surface area contributed by atoms with Gasteiger partial charge in [-0.1, -0.05) is 40.5 Å². The maximum atomic E-state index is 4.12. The van der Waals surface area contributed by atoms with Gasteiger partial charge in [0.15, 0.2) is 0 Å². The van der Waals surface area contributed by atoms with Crippen molar-refractivity contribution < 1.29 is 26.2 Å². The summed E-state index contributed by atoms with van der Waals surface area (Å²) in [5.41, 5.74) is 0. The Morgan fingerprint density at radius 2 is 0.560 bits per heavy atom. The Kier molecular flexibility index (Phi) is 47.3. The van der Waals surface area contributed by atoms with E-state index in [1.165, 1.54) is 0 Å². The zero-order valence-electron chi connectivity index (χ0n) is 18.9. The first-order valence-corrected chi connectivity index (χ1v) is 8.55. The van der Waals surface area contributed by atoms with E-state index in [2.05, 4.69) is 59.6 Å². The normalized spacial score (nSPS) is 13.9. The Bertz CT molecular complexity index is 162. The second-order valence-corrected chi connectivity index (χ2v) is 5.79. The van der Waals surface area contributed by atoms with E-state index in [9.17, 15) is 0 Å². The van der Waals surface area contributed by atoms with Crippen LogP contribution in [0.5, 0.6) is 0 Å². The molecule has 0 bridgehead atoms. The van der Waals surface area contributed by atoms with E-state index in [1.54, 1.807) is 28.2 Å². The molecule has 6 nitrogen and oxygen atoms in total. The Morgan fingerprint density at radius 1 is 0.440 bits per heavy atom. The van der Waals surface area contributed by atoms with Gasteiger partial charge in [0.2, 0.25) is 0 Å². The van der Waals surface area contributed by atoms with Crippen LogP contribution < -0.4 is 0 Å². The second kappa shape index (κ2) is 32.3. The summed E-state index contributed by atoms with van der Waals surface area (Å²) in [7, 11) is 14.4. The first kappa shape index (κ1) is 36.5. The first-order valence-electron chi connectivity index (χ1n) is 8.55. The molecule has 4 unspecified atom stereocenters. The topological polar surface area (TPSA) is 84.6 Å². The molecule has 7 heteroatoms. The molecule has 0 aromatic heterocycles. The van der Waals surface area contributed by atoms with Crippen LogP contribution in [0.25, 0.3) is 31.9 Å². The van der Waals surface area contributed by atoms with Gasteiger partial charge in [-0.05, 0) is 0 Å². The monoisotopic (exact) mass is 434 g/mol. The number of hydrogen-bond donors (Lipinski definition) is 0. The van der Waals surface area contributed by atoms with Gasteiger partial charge in [0.1, 0.15) is 0 Å². The van der Waals surface area contributed by atoms with E-state index in [4.69, 9.17) is 0 Å². The van der Waals surface area contributed by atoms with Crippen molar-refractivity contribution >= 4 is 0 Å². The minimum Gasteiger partial charge on any atom is -0.668 e. The summed E-state index contributed by atoms with van der Waals surface area (Å²) in [6.07, 6.45) is 2.15. The molecule has 0 aromatic carbocycles. The summed E-state index contributed by atoms with van der Waals surface area (Å²) in [4.78, 5) is 0. The third kappa shape index (κ3) is 45.6. The summed E-state index contributed by atoms with van der Waals surface area (Å²) in [5.74, 6) is 0. The molecular weight excluding hydrogens is 391 g/mol. The summed E-state index contributed by atoms with van der Waals surface area (Å²) in [6, 6.07) is 1.85. The second-order valence-electron chi connectivity index (χ2n) is 5.79. The van der Waals surface area contributed by atoms with Gasteiger partial charge in [-0.25, -0.2) is 0 Å². The zero-order valence-corrected chi connectivity index (χ0v) is 21.4. The van der Waals surface area contributed by atoms with Gasteiger partial charge < -0.3 is 31.9 Å². The van der Waals surface area contributed by atoms with E-state index in [0.717, 1.165) is 12.8 Å². The summed E-state index contributed by atoms with van der Waals surface area (Å²) in [6.45, 7) is 8.45. The van der Waals surface area contributed by atoms with Crippen molar-refractivity contribution in [2.24, 2.45) is 0 Å². The molecule has 156 valence electrons. The quantitative estimate of drug-likeness (QED) is 0.478. The van der Waals surface area contributed by atoms with Crippen LogP contribution in [0.1, 0.15) is 40.5 Å². The fraction of sp³-hybridized carbons (Fsp3) is 1.00. The Morgan fingerprint density at radius 3 is 0.640 bits per heavy atom. The van der Waals surface area contributed by atoms with Crippen LogP contribution >= 0.6 is 0 Å². The number of hydrogen-bond acceptors (Lipinski definition) is 0. The molecule has 0 aromatic rings. The summed E-state index contributed by atoms with van der Waals surface area (Å²) < 4.78 is 0. The van der Waals surface area contributed by atoms with Crippen molar-refractivity contribution in [1.29, 1.82) is 0 Å². The van der Waals surface area contributed by atoms with E-state index in [0.29, 0.717) is 24.2 Å². The van der Waals surface area contributed by atoms with Gasteiger partial charge in [0.25, 0.3) is 0 Å². The van der Waals surface area contributed by atoms with Gasteiger partial charge in [-0.3, -0.25) is 0 Å². The third-order valence-electron chi connectivity index (χ3n) is 3.13. The molecule has 0 fully saturated rings. The van der Waals surface area contributed by atoms with Crippen LogP contribution in [-0.2, 0) is 26.2 Å². The molecule has 0 radical (unpaired) electrons. The zero-order chi connectivity index (χ0) is 20.0. The van der Waals surface area contributed by atoms with Crippen LogP contribution in [0.3, 0.4) is 0 Å². The fourth-order valence-electron chi connectivity index (χ4n) is 1.41. The minimum absolute atomic E-state index is 0. The molecule has 0 rings (SSSR count). The van der Waals surface area contributed by atoms with Crippen LogP contribution in [0.4, 0.5) is 0 Å². The molecule has 4 atom stereocenters. The van der Waals surface area contributed by atoms with Gasteiger partial charge in [0, 0.05) is 26.2 Å². The van der Waals surface area contributed by atoms with E-state index in [-0.39, 0.29) is 26.2 Å². The Balaban J connectivity index is -0.0000000788. The van der Waals surface area contributed by atoms with Gasteiger partial charge in [-0.15, -0.1) is 24.2 Å². The fourth-order valence-corrected chi connectivity index (χ4v) is 1.41. The average molecular weight is 436 g/mol. The SMILES string of the molecule is C[N-]C.C[N-]C.C[N-]C(C)CC(C)[N-]C.C[N-]C(C)CC(C)[N-]C.[Zr]. The maximum absolute atomic E-state index is 4.12. The molecule has 0 aliphatic carbocycles. The van der Waals surface area contributed by atoms with Crippen LogP contribution in [0.15, 0.2) is 0 Å². The van der Waals surface area contributed by atoms with E-state index in [1.807, 2.05) is 28.2 Å². The van der Waals surface area contributed by atoms with E-state index < -0.39 is 0 Å². The molecule has 0 saturated carbocycles. The largest absolute Gasteiger partial charge is 0.668 e. The minimum atomic E-state index is 0. The number of nitrogens with zero attached hydrogens (tertiary/aromatic N) is 6. The number of rotatable bonds is 8. The maximum Gasteiger partial charge on any atom is 0 e. The molecule has 25 heavy (non-hydrogen) atoms. The predicted molar refractivity (Wildman–Crippen MR) is 115 cm³/mol. The van der Waals surface area contributed by atoms with Crippen LogP contribution in [0, 0.1) is 0 Å². The van der Waals surface area contributed by atoms with Gasteiger partial charge in [0.05, 0.1) is 0 Å². The van der Waals surface area contributed by atoms with Crippen molar-refractivity contribution in [1.82, 2.24) is 0 Å². The summed E-state index contributed by atoms with van der Waals surface area (Å²) in [5, 5.41) is 23.5. The average Bonchev–Trinajstić information content (AvgIpc) is 2.56. The molecule has 0 aliphatic heterocycles. The summed E-state index contributed by atoms with van der Waals surface area (Å²) >= 11 is 0. The van der Waals surface area contributed by atoms with Crippen LogP contribution in [-0.4, -0.2) is 80.5 Å². The smallest absolute Gasteiger partial charge is 0 e. The van der Waals surface area contributed by atoms with Crippen molar-refractivity contribution in [3.63, 3.8) is 0 Å². The molecule has 0 N–H and O–H groups in total. The molecule has 0 saturated heterocycles. The molecule has 0 spiro atoms. The third-order valence-corrected chi connectivity index (χ3v) is 3.13. The van der Waals surface area contributed by atoms with Gasteiger partial charge >= 0.3 is 0 Å². The first-order chi connectivity index (χ1) is 11.2. The Hall–Kier alpha value is 0.643. The molecule has 0 amide bonds. The van der Waals surface area contributed by atoms with Crippen molar-refractivity contribution in [3.8, 4) is 0 Å². The van der Waals surface area contributed by atoms with Crippen LogP contribution in [0.2, 0.25) is 0 Å². The molecule has 0 heterocycles. The van der Waals surface area contributed by atoms with Crippen molar-refractivity contribution in [3.05, 3.63) is 31.9 Å². The van der Waals surface area contributed by atoms with Gasteiger partial charge in [-0.2, -0.15) is 56.4 Å². The van der Waals surface area contributed by atoms with Crippen molar-refractivity contribution in [2.75, 3.05) is 56.4 Å². The van der Waals surface area contributed by atoms with Crippen molar-refractivity contribution in [2.45, 2.75) is 64.7 Å². The standard InChI is InChI=1S/2C7H16N2.2C2H6N.Zr/c2*1-6(8-3)5-7(2)9-4;2*1-3-2;/h2*6-7H,5H2,1-4H3;2*1-2H3;/q2*-2;2*-1;. The predicted octanol–water partition coefficient (Wildman–Crippen LogP) is 5.56.